The molecule has 110 valence electrons. The Morgan fingerprint density at radius 1 is 1.15 bits per heavy atom. The molecule has 5 heteroatoms. The van der Waals surface area contributed by atoms with Crippen LogP contribution >= 0.6 is 11.8 Å². The van der Waals surface area contributed by atoms with E-state index in [1.165, 1.54) is 10.5 Å². The van der Waals surface area contributed by atoms with Crippen molar-refractivity contribution in [3.63, 3.8) is 0 Å². The first-order chi connectivity index (χ1) is 9.67. The number of carboxylic acid groups (broad SMARTS) is 1. The highest BCUT2D eigenvalue weighted by molar-refractivity contribution is 7.98. The largest absolute Gasteiger partial charge is 0.481 e. The van der Waals surface area contributed by atoms with Crippen LogP contribution in [0.25, 0.3) is 0 Å². The Balaban J connectivity index is 1.74. The fourth-order valence-corrected chi connectivity index (χ4v) is 2.82. The van der Waals surface area contributed by atoms with Crippen molar-refractivity contribution in [2.24, 2.45) is 0 Å². The Morgan fingerprint density at radius 2 is 1.75 bits per heavy atom. The van der Waals surface area contributed by atoms with Gasteiger partial charge in [0.15, 0.2) is 0 Å². The monoisotopic (exact) mass is 294 g/mol. The smallest absolute Gasteiger partial charge is 0.304 e. The Labute approximate surface area is 124 Å². The number of nitrogens with zero attached hydrogens (tertiary/aromatic N) is 2. The van der Waals surface area contributed by atoms with Crippen LogP contribution in [0, 0.1) is 0 Å². The van der Waals surface area contributed by atoms with Gasteiger partial charge in [-0.05, 0) is 24.0 Å². The zero-order valence-corrected chi connectivity index (χ0v) is 12.7. The molecule has 0 spiro atoms. The molecule has 0 aliphatic carbocycles. The van der Waals surface area contributed by atoms with Crippen molar-refractivity contribution in [2.75, 3.05) is 39.0 Å². The highest BCUT2D eigenvalue weighted by atomic mass is 32.2. The molecular weight excluding hydrogens is 272 g/mol. The predicted octanol–water partition coefficient (Wildman–Crippen LogP) is 2.00. The minimum absolute atomic E-state index is 0.246. The first-order valence-electron chi connectivity index (χ1n) is 6.97. The third-order valence-electron chi connectivity index (χ3n) is 3.67. The summed E-state index contributed by atoms with van der Waals surface area (Å²) in [5, 5.41) is 8.69. The Hall–Kier alpha value is -1.04. The number of piperazine rings is 1. The molecule has 1 N–H and O–H groups in total. The van der Waals surface area contributed by atoms with Crippen LogP contribution in [0.5, 0.6) is 0 Å². The van der Waals surface area contributed by atoms with E-state index in [4.69, 9.17) is 5.11 Å². The molecule has 1 fully saturated rings. The second kappa shape index (κ2) is 7.67. The third-order valence-corrected chi connectivity index (χ3v) is 4.42. The van der Waals surface area contributed by atoms with Crippen molar-refractivity contribution in [3.05, 3.63) is 29.8 Å². The van der Waals surface area contributed by atoms with Crippen LogP contribution in [0.2, 0.25) is 0 Å². The van der Waals surface area contributed by atoms with Gasteiger partial charge in [0.25, 0.3) is 0 Å². The first kappa shape index (κ1) is 15.4. The van der Waals surface area contributed by atoms with Gasteiger partial charge in [0, 0.05) is 44.2 Å². The molecule has 0 amide bonds. The fraction of sp³-hybridized carbons (Fsp3) is 0.533. The van der Waals surface area contributed by atoms with Gasteiger partial charge in [-0.3, -0.25) is 9.69 Å². The molecule has 1 aromatic rings. The van der Waals surface area contributed by atoms with Crippen molar-refractivity contribution < 1.29 is 9.90 Å². The number of benzene rings is 1. The molecule has 1 aliphatic heterocycles. The SMILES string of the molecule is CSc1ccc(CN2CCN(CCC(=O)O)CC2)cc1. The summed E-state index contributed by atoms with van der Waals surface area (Å²) < 4.78 is 0. The lowest BCUT2D eigenvalue weighted by Crippen LogP contribution is -2.46. The quantitative estimate of drug-likeness (QED) is 0.813. The van der Waals surface area contributed by atoms with Crippen molar-refractivity contribution in [1.29, 1.82) is 0 Å². The van der Waals surface area contributed by atoms with E-state index in [-0.39, 0.29) is 6.42 Å². The van der Waals surface area contributed by atoms with E-state index in [0.29, 0.717) is 6.54 Å². The highest BCUT2D eigenvalue weighted by Gasteiger charge is 2.17. The minimum Gasteiger partial charge on any atom is -0.481 e. The summed E-state index contributed by atoms with van der Waals surface area (Å²) in [4.78, 5) is 16.5. The summed E-state index contributed by atoms with van der Waals surface area (Å²) >= 11 is 1.76. The molecule has 4 nitrogen and oxygen atoms in total. The molecular formula is C15H22N2O2S. The molecule has 0 unspecified atom stereocenters. The van der Waals surface area contributed by atoms with Crippen LogP contribution in [0.15, 0.2) is 29.2 Å². The van der Waals surface area contributed by atoms with E-state index in [0.717, 1.165) is 32.7 Å². The van der Waals surface area contributed by atoms with E-state index >= 15 is 0 Å². The Bertz CT molecular complexity index is 428. The van der Waals surface area contributed by atoms with Crippen molar-refractivity contribution in [3.8, 4) is 0 Å². The van der Waals surface area contributed by atoms with Crippen LogP contribution in [0.3, 0.4) is 0 Å². The van der Waals surface area contributed by atoms with E-state index in [9.17, 15) is 4.79 Å². The van der Waals surface area contributed by atoms with Gasteiger partial charge in [-0.15, -0.1) is 11.8 Å². The fourth-order valence-electron chi connectivity index (χ4n) is 2.41. The van der Waals surface area contributed by atoms with Crippen molar-refractivity contribution >= 4 is 17.7 Å². The molecule has 1 heterocycles. The van der Waals surface area contributed by atoms with Crippen LogP contribution in [0.4, 0.5) is 0 Å². The van der Waals surface area contributed by atoms with Crippen LogP contribution in [-0.4, -0.2) is 59.9 Å². The van der Waals surface area contributed by atoms with Gasteiger partial charge >= 0.3 is 5.97 Å². The molecule has 0 atom stereocenters. The zero-order valence-electron chi connectivity index (χ0n) is 11.9. The summed E-state index contributed by atoms with van der Waals surface area (Å²) in [6.45, 7) is 5.63. The number of thioether (sulfide) groups is 1. The van der Waals surface area contributed by atoms with Crippen LogP contribution in [-0.2, 0) is 11.3 Å². The van der Waals surface area contributed by atoms with Gasteiger partial charge in [-0.2, -0.15) is 0 Å². The van der Waals surface area contributed by atoms with Gasteiger partial charge in [0.1, 0.15) is 0 Å². The lowest BCUT2D eigenvalue weighted by molar-refractivity contribution is -0.137. The standard InChI is InChI=1S/C15H22N2O2S/c1-20-14-4-2-13(3-5-14)12-17-10-8-16(9-11-17)7-6-15(18)19/h2-5H,6-12H2,1H3,(H,18,19). The summed E-state index contributed by atoms with van der Waals surface area (Å²) in [7, 11) is 0. The lowest BCUT2D eigenvalue weighted by atomic mass is 10.2. The molecule has 1 saturated heterocycles. The van der Waals surface area contributed by atoms with Crippen molar-refractivity contribution in [1.82, 2.24) is 9.80 Å². The Kier molecular flexibility index (Phi) is 5.88. The van der Waals surface area contributed by atoms with Crippen LogP contribution < -0.4 is 0 Å². The summed E-state index contributed by atoms with van der Waals surface area (Å²) in [6, 6.07) is 8.73. The minimum atomic E-state index is -0.707. The maximum Gasteiger partial charge on any atom is 0.304 e. The number of carbonyl (C=O) groups is 1. The second-order valence-corrected chi connectivity index (χ2v) is 5.99. The summed E-state index contributed by atoms with van der Waals surface area (Å²) in [5.74, 6) is -0.707. The predicted molar refractivity (Wildman–Crippen MR) is 82.2 cm³/mol. The maximum absolute atomic E-state index is 10.6. The van der Waals surface area contributed by atoms with Gasteiger partial charge in [0.2, 0.25) is 0 Å². The maximum atomic E-state index is 10.6. The van der Waals surface area contributed by atoms with E-state index in [1.807, 2.05) is 0 Å². The number of hydrogen-bond donors (Lipinski definition) is 1. The number of rotatable bonds is 6. The average Bonchev–Trinajstić information content (AvgIpc) is 2.47. The topological polar surface area (TPSA) is 43.8 Å². The van der Waals surface area contributed by atoms with E-state index in [1.54, 1.807) is 11.8 Å². The molecule has 1 aromatic carbocycles. The molecule has 1 aliphatic rings. The summed E-state index contributed by atoms with van der Waals surface area (Å²) in [6.07, 6.45) is 2.33. The van der Waals surface area contributed by atoms with E-state index < -0.39 is 5.97 Å². The van der Waals surface area contributed by atoms with Gasteiger partial charge in [-0.25, -0.2) is 0 Å². The molecule has 0 saturated carbocycles. The van der Waals surface area contributed by atoms with Crippen molar-refractivity contribution in [2.45, 2.75) is 17.9 Å². The molecule has 0 radical (unpaired) electrons. The van der Waals surface area contributed by atoms with Gasteiger partial charge < -0.3 is 10.0 Å². The lowest BCUT2D eigenvalue weighted by Gasteiger charge is -2.34. The van der Waals surface area contributed by atoms with Crippen LogP contribution in [0.1, 0.15) is 12.0 Å². The first-order valence-corrected chi connectivity index (χ1v) is 8.19. The number of carboxylic acids is 1. The third kappa shape index (κ3) is 4.81. The zero-order chi connectivity index (χ0) is 14.4. The van der Waals surface area contributed by atoms with Gasteiger partial charge in [-0.1, -0.05) is 12.1 Å². The molecule has 0 aromatic heterocycles. The second-order valence-electron chi connectivity index (χ2n) is 5.11. The molecule has 2 rings (SSSR count). The van der Waals surface area contributed by atoms with Gasteiger partial charge in [0.05, 0.1) is 6.42 Å². The Morgan fingerprint density at radius 3 is 2.30 bits per heavy atom. The normalized spacial score (nSPS) is 17.2. The van der Waals surface area contributed by atoms with E-state index in [2.05, 4.69) is 40.3 Å². The average molecular weight is 294 g/mol. The number of hydrogen-bond acceptors (Lipinski definition) is 4. The number of aliphatic carboxylic acids is 1. The summed E-state index contributed by atoms with van der Waals surface area (Å²) in [5.41, 5.74) is 1.35. The molecule has 0 bridgehead atoms. The molecule has 20 heavy (non-hydrogen) atoms. The highest BCUT2D eigenvalue weighted by Crippen LogP contribution is 2.16.